The van der Waals surface area contributed by atoms with Crippen molar-refractivity contribution in [2.75, 3.05) is 13.2 Å². The number of ether oxygens (including phenoxy) is 1. The van der Waals surface area contributed by atoms with E-state index in [2.05, 4.69) is 39.9 Å². The summed E-state index contributed by atoms with van der Waals surface area (Å²) < 4.78 is 5.44. The van der Waals surface area contributed by atoms with E-state index in [9.17, 15) is 0 Å². The Bertz CT molecular complexity index is 227. The average Bonchev–Trinajstić information content (AvgIpc) is 2.65. The Labute approximate surface area is 93.8 Å². The number of nitrogens with one attached hydrogen (secondary N) is 1. The highest BCUT2D eigenvalue weighted by atomic mass is 16.5. The second kappa shape index (κ2) is 3.46. The first-order valence-electron chi connectivity index (χ1n) is 6.21. The highest BCUT2D eigenvalue weighted by Gasteiger charge is 2.64. The monoisotopic (exact) mass is 211 g/mol. The Morgan fingerprint density at radius 3 is 2.20 bits per heavy atom. The van der Waals surface area contributed by atoms with Crippen molar-refractivity contribution in [1.29, 1.82) is 0 Å². The van der Waals surface area contributed by atoms with Crippen LogP contribution in [0.1, 0.15) is 41.0 Å². The molecule has 0 bridgehead atoms. The summed E-state index contributed by atoms with van der Waals surface area (Å²) in [5, 5.41) is 3.80. The van der Waals surface area contributed by atoms with Crippen LogP contribution in [-0.2, 0) is 4.74 Å². The van der Waals surface area contributed by atoms with Crippen LogP contribution in [-0.4, -0.2) is 25.3 Å². The van der Waals surface area contributed by atoms with Gasteiger partial charge in [0.15, 0.2) is 0 Å². The Hall–Kier alpha value is -0.0800. The fourth-order valence-corrected chi connectivity index (χ4v) is 2.96. The maximum atomic E-state index is 5.44. The van der Waals surface area contributed by atoms with E-state index in [0.717, 1.165) is 19.1 Å². The summed E-state index contributed by atoms with van der Waals surface area (Å²) in [5.74, 6) is 0.720. The minimum atomic E-state index is 0.445. The third-order valence-corrected chi connectivity index (χ3v) is 5.12. The molecule has 1 N–H and O–H groups in total. The van der Waals surface area contributed by atoms with Crippen LogP contribution >= 0.6 is 0 Å². The summed E-state index contributed by atoms with van der Waals surface area (Å²) in [7, 11) is 0. The zero-order chi connectivity index (χ0) is 11.3. The fourth-order valence-electron chi connectivity index (χ4n) is 2.96. The van der Waals surface area contributed by atoms with E-state index < -0.39 is 0 Å². The predicted molar refractivity (Wildman–Crippen MR) is 62.9 cm³/mol. The third kappa shape index (κ3) is 1.72. The van der Waals surface area contributed by atoms with E-state index in [1.54, 1.807) is 0 Å². The van der Waals surface area contributed by atoms with Crippen LogP contribution in [0.2, 0.25) is 0 Å². The van der Waals surface area contributed by atoms with E-state index in [4.69, 9.17) is 4.74 Å². The first kappa shape index (κ1) is 11.4. The molecule has 0 aromatic carbocycles. The Morgan fingerprint density at radius 1 is 1.20 bits per heavy atom. The Balaban J connectivity index is 1.88. The molecular formula is C13H25NO. The molecule has 2 aliphatic rings. The van der Waals surface area contributed by atoms with E-state index in [0.29, 0.717) is 22.9 Å². The zero-order valence-corrected chi connectivity index (χ0v) is 10.8. The van der Waals surface area contributed by atoms with Gasteiger partial charge in [0, 0.05) is 18.7 Å². The lowest BCUT2D eigenvalue weighted by atomic mass is 10.0. The molecule has 88 valence electrons. The molecule has 2 atom stereocenters. The van der Waals surface area contributed by atoms with Crippen LogP contribution in [0.25, 0.3) is 0 Å². The zero-order valence-electron chi connectivity index (χ0n) is 10.8. The van der Waals surface area contributed by atoms with E-state index >= 15 is 0 Å². The molecule has 1 aliphatic carbocycles. The lowest BCUT2D eigenvalue weighted by Crippen LogP contribution is -2.37. The summed E-state index contributed by atoms with van der Waals surface area (Å²) in [6.45, 7) is 13.7. The normalized spacial score (nSPS) is 35.4. The fraction of sp³-hybridized carbons (Fsp3) is 1.00. The van der Waals surface area contributed by atoms with Crippen molar-refractivity contribution in [2.24, 2.45) is 16.7 Å². The average molecular weight is 211 g/mol. The summed E-state index contributed by atoms with van der Waals surface area (Å²) in [6.07, 6.45) is 1.22. The number of hydrogen-bond acceptors (Lipinski definition) is 2. The molecule has 2 nitrogen and oxygen atoms in total. The number of hydrogen-bond donors (Lipinski definition) is 1. The van der Waals surface area contributed by atoms with Crippen molar-refractivity contribution < 1.29 is 4.74 Å². The molecule has 0 aromatic heterocycles. The topological polar surface area (TPSA) is 21.3 Å². The summed E-state index contributed by atoms with van der Waals surface area (Å²) in [6, 6.07) is 1.26. The molecule has 1 aliphatic heterocycles. The molecule has 0 radical (unpaired) electrons. The van der Waals surface area contributed by atoms with Crippen LogP contribution in [0.3, 0.4) is 0 Å². The highest BCUT2D eigenvalue weighted by Crippen LogP contribution is 2.62. The Kier molecular flexibility index (Phi) is 2.63. The van der Waals surface area contributed by atoms with Crippen molar-refractivity contribution in [3.63, 3.8) is 0 Å². The van der Waals surface area contributed by atoms with Gasteiger partial charge in [-0.1, -0.05) is 27.7 Å². The maximum absolute atomic E-state index is 5.44. The van der Waals surface area contributed by atoms with Crippen LogP contribution in [0.5, 0.6) is 0 Å². The van der Waals surface area contributed by atoms with Crippen molar-refractivity contribution in [3.05, 3.63) is 0 Å². The van der Waals surface area contributed by atoms with Gasteiger partial charge >= 0.3 is 0 Å². The first-order chi connectivity index (χ1) is 6.87. The van der Waals surface area contributed by atoms with Gasteiger partial charge in [-0.25, -0.2) is 0 Å². The minimum Gasteiger partial charge on any atom is -0.381 e. The van der Waals surface area contributed by atoms with Gasteiger partial charge in [-0.05, 0) is 30.1 Å². The van der Waals surface area contributed by atoms with Crippen LogP contribution in [0.4, 0.5) is 0 Å². The molecule has 2 unspecified atom stereocenters. The molecule has 15 heavy (non-hydrogen) atoms. The third-order valence-electron chi connectivity index (χ3n) is 5.12. The highest BCUT2D eigenvalue weighted by molar-refractivity contribution is 5.18. The summed E-state index contributed by atoms with van der Waals surface area (Å²) in [4.78, 5) is 0. The second-order valence-corrected chi connectivity index (χ2v) is 6.46. The second-order valence-electron chi connectivity index (χ2n) is 6.46. The molecule has 1 heterocycles. The van der Waals surface area contributed by atoms with Gasteiger partial charge in [-0.3, -0.25) is 0 Å². The SMILES string of the molecule is CC(NC1C(C)(C)C1(C)C)C1CCOC1. The quantitative estimate of drug-likeness (QED) is 0.774. The molecule has 1 saturated carbocycles. The van der Waals surface area contributed by atoms with Crippen LogP contribution in [0.15, 0.2) is 0 Å². The summed E-state index contributed by atoms with van der Waals surface area (Å²) in [5.41, 5.74) is 0.890. The molecular weight excluding hydrogens is 186 g/mol. The van der Waals surface area contributed by atoms with Crippen molar-refractivity contribution in [2.45, 2.75) is 53.1 Å². The molecule has 2 fully saturated rings. The predicted octanol–water partition coefficient (Wildman–Crippen LogP) is 2.44. The van der Waals surface area contributed by atoms with Crippen molar-refractivity contribution >= 4 is 0 Å². The lowest BCUT2D eigenvalue weighted by Gasteiger charge is -2.20. The number of rotatable bonds is 3. The van der Waals surface area contributed by atoms with Crippen LogP contribution < -0.4 is 5.32 Å². The molecule has 2 rings (SSSR count). The van der Waals surface area contributed by atoms with Gasteiger partial charge in [-0.15, -0.1) is 0 Å². The summed E-state index contributed by atoms with van der Waals surface area (Å²) >= 11 is 0. The van der Waals surface area contributed by atoms with Gasteiger partial charge in [0.25, 0.3) is 0 Å². The first-order valence-corrected chi connectivity index (χ1v) is 6.21. The minimum absolute atomic E-state index is 0.445. The van der Waals surface area contributed by atoms with Crippen molar-refractivity contribution in [1.82, 2.24) is 5.32 Å². The van der Waals surface area contributed by atoms with Crippen LogP contribution in [0, 0.1) is 16.7 Å². The van der Waals surface area contributed by atoms with Gasteiger partial charge in [0.2, 0.25) is 0 Å². The molecule has 0 aromatic rings. The lowest BCUT2D eigenvalue weighted by molar-refractivity contribution is 0.177. The Morgan fingerprint density at radius 2 is 1.80 bits per heavy atom. The van der Waals surface area contributed by atoms with E-state index in [-0.39, 0.29) is 0 Å². The molecule has 2 heteroatoms. The van der Waals surface area contributed by atoms with Gasteiger partial charge in [0.05, 0.1) is 6.61 Å². The smallest absolute Gasteiger partial charge is 0.0509 e. The standard InChI is InChI=1S/C13H25NO/c1-9(10-6-7-15-8-10)14-11-12(2,3)13(11,4)5/h9-11,14H,6-8H2,1-5H3. The van der Waals surface area contributed by atoms with E-state index in [1.807, 2.05) is 0 Å². The van der Waals surface area contributed by atoms with Gasteiger partial charge in [-0.2, -0.15) is 0 Å². The van der Waals surface area contributed by atoms with Gasteiger partial charge < -0.3 is 10.1 Å². The molecule has 0 spiro atoms. The van der Waals surface area contributed by atoms with Crippen molar-refractivity contribution in [3.8, 4) is 0 Å². The maximum Gasteiger partial charge on any atom is 0.0509 e. The molecule has 0 amide bonds. The molecule has 1 saturated heterocycles. The van der Waals surface area contributed by atoms with E-state index in [1.165, 1.54) is 6.42 Å². The van der Waals surface area contributed by atoms with Gasteiger partial charge in [0.1, 0.15) is 0 Å². The largest absolute Gasteiger partial charge is 0.381 e.